The molecule has 0 saturated heterocycles. The Hall–Kier alpha value is -2.89. The van der Waals surface area contributed by atoms with Crippen LogP contribution in [-0.2, 0) is 0 Å². The van der Waals surface area contributed by atoms with Crippen molar-refractivity contribution in [2.75, 3.05) is 14.2 Å². The average molecular weight is 288 g/mol. The van der Waals surface area contributed by atoms with Crippen molar-refractivity contribution in [1.82, 2.24) is 0 Å². The zero-order chi connectivity index (χ0) is 15.1. The zero-order valence-electron chi connectivity index (χ0n) is 11.3. The second-order valence-electron chi connectivity index (χ2n) is 4.45. The predicted octanol–water partition coefficient (Wildman–Crippen LogP) is 2.37. The Balaban J connectivity index is 2.50. The molecule has 2 N–H and O–H groups in total. The molecule has 6 heteroatoms. The Morgan fingerprint density at radius 3 is 2.48 bits per heavy atom. The van der Waals surface area contributed by atoms with Crippen molar-refractivity contribution >= 4 is 21.9 Å². The molecule has 0 atom stereocenters. The zero-order valence-corrected chi connectivity index (χ0v) is 11.3. The highest BCUT2D eigenvalue weighted by Crippen LogP contribution is 2.41. The molecule has 0 amide bonds. The quantitative estimate of drug-likeness (QED) is 0.704. The van der Waals surface area contributed by atoms with Crippen molar-refractivity contribution in [3.8, 4) is 23.0 Å². The summed E-state index contributed by atoms with van der Waals surface area (Å²) in [4.78, 5) is 12.4. The largest absolute Gasteiger partial charge is 0.504 e. The molecule has 108 valence electrons. The standard InChI is InChI=1S/C15H12O6/c1-19-7-3-4-8-11(5-7)21-14-9(12(8)17)6-10(16)15(20-2)13(14)18/h3-6,16,18H,1-2H3. The van der Waals surface area contributed by atoms with Crippen LogP contribution in [0.25, 0.3) is 21.9 Å². The SMILES string of the molecule is COc1ccc2c(=O)c3cc(O)c(OC)c(O)c3oc2c1. The fraction of sp³-hybridized carbons (Fsp3) is 0.133. The van der Waals surface area contributed by atoms with E-state index in [9.17, 15) is 15.0 Å². The molecule has 0 aliphatic carbocycles. The van der Waals surface area contributed by atoms with E-state index in [-0.39, 0.29) is 33.5 Å². The molecule has 1 aromatic heterocycles. The van der Waals surface area contributed by atoms with Crippen LogP contribution >= 0.6 is 0 Å². The van der Waals surface area contributed by atoms with Gasteiger partial charge in [-0.25, -0.2) is 0 Å². The van der Waals surface area contributed by atoms with Gasteiger partial charge in [0.05, 0.1) is 25.0 Å². The van der Waals surface area contributed by atoms with Gasteiger partial charge in [-0.3, -0.25) is 4.79 Å². The summed E-state index contributed by atoms with van der Waals surface area (Å²) in [6, 6.07) is 5.96. The molecule has 0 unspecified atom stereocenters. The minimum absolute atomic E-state index is 0.0459. The maximum absolute atomic E-state index is 12.4. The van der Waals surface area contributed by atoms with Gasteiger partial charge in [-0.2, -0.15) is 0 Å². The molecule has 1 heterocycles. The van der Waals surface area contributed by atoms with Gasteiger partial charge >= 0.3 is 0 Å². The highest BCUT2D eigenvalue weighted by molar-refractivity contribution is 5.95. The van der Waals surface area contributed by atoms with Gasteiger partial charge in [-0.1, -0.05) is 0 Å². The topological polar surface area (TPSA) is 89.1 Å². The first-order chi connectivity index (χ1) is 10.1. The number of phenols is 2. The fourth-order valence-corrected chi connectivity index (χ4v) is 2.25. The molecule has 3 aromatic rings. The van der Waals surface area contributed by atoms with Crippen LogP contribution in [-0.4, -0.2) is 24.4 Å². The molecule has 0 bridgehead atoms. The van der Waals surface area contributed by atoms with Gasteiger partial charge in [0.15, 0.2) is 11.3 Å². The lowest BCUT2D eigenvalue weighted by Gasteiger charge is -2.09. The highest BCUT2D eigenvalue weighted by atomic mass is 16.5. The summed E-state index contributed by atoms with van der Waals surface area (Å²) >= 11 is 0. The molecule has 21 heavy (non-hydrogen) atoms. The van der Waals surface area contributed by atoms with Crippen LogP contribution in [0.15, 0.2) is 33.5 Å². The summed E-state index contributed by atoms with van der Waals surface area (Å²) < 4.78 is 15.5. The van der Waals surface area contributed by atoms with E-state index in [0.29, 0.717) is 11.1 Å². The lowest BCUT2D eigenvalue weighted by molar-refractivity contribution is 0.344. The number of ether oxygens (including phenoxy) is 2. The van der Waals surface area contributed by atoms with Crippen LogP contribution < -0.4 is 14.9 Å². The van der Waals surface area contributed by atoms with Gasteiger partial charge in [0.1, 0.15) is 11.3 Å². The normalized spacial score (nSPS) is 11.0. The van der Waals surface area contributed by atoms with Crippen LogP contribution in [0.2, 0.25) is 0 Å². The lowest BCUT2D eigenvalue weighted by atomic mass is 10.1. The third-order valence-corrected chi connectivity index (χ3v) is 3.28. The van der Waals surface area contributed by atoms with Gasteiger partial charge in [0.25, 0.3) is 0 Å². The summed E-state index contributed by atoms with van der Waals surface area (Å²) in [6.07, 6.45) is 0. The van der Waals surface area contributed by atoms with E-state index >= 15 is 0 Å². The Bertz CT molecular complexity index is 910. The Labute approximate surface area is 118 Å². The molecule has 0 fully saturated rings. The molecule has 0 aliphatic heterocycles. The first-order valence-electron chi connectivity index (χ1n) is 6.10. The average Bonchev–Trinajstić information content (AvgIpc) is 2.49. The fourth-order valence-electron chi connectivity index (χ4n) is 2.25. The van der Waals surface area contributed by atoms with Crippen molar-refractivity contribution in [2.45, 2.75) is 0 Å². The maximum Gasteiger partial charge on any atom is 0.206 e. The van der Waals surface area contributed by atoms with Gasteiger partial charge in [0, 0.05) is 6.07 Å². The molecular formula is C15H12O6. The summed E-state index contributed by atoms with van der Waals surface area (Å²) in [5.41, 5.74) is -0.132. The molecule has 0 aliphatic rings. The van der Waals surface area contributed by atoms with Crippen LogP contribution in [0.3, 0.4) is 0 Å². The number of hydrogen-bond acceptors (Lipinski definition) is 6. The lowest BCUT2D eigenvalue weighted by Crippen LogP contribution is -2.03. The monoisotopic (exact) mass is 288 g/mol. The van der Waals surface area contributed by atoms with E-state index in [1.54, 1.807) is 18.2 Å². The Morgan fingerprint density at radius 1 is 1.05 bits per heavy atom. The van der Waals surface area contributed by atoms with Crippen molar-refractivity contribution in [3.05, 3.63) is 34.5 Å². The number of phenolic OH excluding ortho intramolecular Hbond substituents is 2. The number of hydrogen-bond donors (Lipinski definition) is 2. The molecule has 0 radical (unpaired) electrons. The number of methoxy groups -OCH3 is 2. The van der Waals surface area contributed by atoms with E-state index < -0.39 is 5.75 Å². The first-order valence-corrected chi connectivity index (χ1v) is 6.10. The minimum atomic E-state index is -0.422. The van der Waals surface area contributed by atoms with E-state index in [4.69, 9.17) is 13.9 Å². The van der Waals surface area contributed by atoms with Gasteiger partial charge in [-0.05, 0) is 18.2 Å². The number of fused-ring (bicyclic) bond motifs is 2. The van der Waals surface area contributed by atoms with Crippen LogP contribution in [0, 0.1) is 0 Å². The summed E-state index contributed by atoms with van der Waals surface area (Å²) in [5, 5.41) is 20.3. The maximum atomic E-state index is 12.4. The minimum Gasteiger partial charge on any atom is -0.504 e. The smallest absolute Gasteiger partial charge is 0.206 e. The molecular weight excluding hydrogens is 276 g/mol. The van der Waals surface area contributed by atoms with Crippen molar-refractivity contribution in [1.29, 1.82) is 0 Å². The van der Waals surface area contributed by atoms with E-state index in [0.717, 1.165) is 0 Å². The third kappa shape index (κ3) is 1.84. The molecule has 0 saturated carbocycles. The van der Waals surface area contributed by atoms with Gasteiger partial charge < -0.3 is 24.1 Å². The highest BCUT2D eigenvalue weighted by Gasteiger charge is 2.19. The molecule has 3 rings (SSSR count). The number of rotatable bonds is 2. The molecule has 6 nitrogen and oxygen atoms in total. The Kier molecular flexibility index (Phi) is 2.86. The molecule has 2 aromatic carbocycles. The van der Waals surface area contributed by atoms with Crippen LogP contribution in [0.1, 0.15) is 0 Å². The Morgan fingerprint density at radius 2 is 1.81 bits per heavy atom. The summed E-state index contributed by atoms with van der Waals surface area (Å²) in [6.45, 7) is 0. The van der Waals surface area contributed by atoms with Crippen LogP contribution in [0.5, 0.6) is 23.0 Å². The van der Waals surface area contributed by atoms with Gasteiger partial charge in [0.2, 0.25) is 16.9 Å². The van der Waals surface area contributed by atoms with E-state index in [2.05, 4.69) is 0 Å². The van der Waals surface area contributed by atoms with E-state index in [1.807, 2.05) is 0 Å². The van der Waals surface area contributed by atoms with Crippen molar-refractivity contribution in [2.24, 2.45) is 0 Å². The van der Waals surface area contributed by atoms with Crippen molar-refractivity contribution < 1.29 is 24.1 Å². The number of benzene rings is 2. The van der Waals surface area contributed by atoms with Crippen molar-refractivity contribution in [3.63, 3.8) is 0 Å². The van der Waals surface area contributed by atoms with Gasteiger partial charge in [-0.15, -0.1) is 0 Å². The first kappa shape index (κ1) is 13.1. The van der Waals surface area contributed by atoms with E-state index in [1.165, 1.54) is 20.3 Å². The summed E-state index contributed by atoms with van der Waals surface area (Å²) in [5.74, 6) is -0.375. The van der Waals surface area contributed by atoms with Crippen LogP contribution in [0.4, 0.5) is 0 Å². The molecule has 0 spiro atoms. The second-order valence-corrected chi connectivity index (χ2v) is 4.45. The number of aromatic hydroxyl groups is 2. The predicted molar refractivity (Wildman–Crippen MR) is 76.4 cm³/mol. The summed E-state index contributed by atoms with van der Waals surface area (Å²) in [7, 11) is 2.79. The second kappa shape index (κ2) is 4.59. The third-order valence-electron chi connectivity index (χ3n) is 3.28.